The van der Waals surface area contributed by atoms with E-state index >= 15 is 0 Å². The minimum atomic E-state index is 0.0361. The molecule has 0 spiro atoms. The molecule has 1 N–H and O–H groups in total. The van der Waals surface area contributed by atoms with Gasteiger partial charge in [-0.2, -0.15) is 4.98 Å². The van der Waals surface area contributed by atoms with Crippen LogP contribution in [-0.4, -0.2) is 46.6 Å². The Morgan fingerprint density at radius 1 is 1.29 bits per heavy atom. The van der Waals surface area contributed by atoms with Crippen LogP contribution < -0.4 is 5.32 Å². The van der Waals surface area contributed by atoms with Gasteiger partial charge in [-0.1, -0.05) is 28.4 Å². The highest BCUT2D eigenvalue weighted by Gasteiger charge is 2.20. The van der Waals surface area contributed by atoms with Gasteiger partial charge in [0.25, 0.3) is 0 Å². The third-order valence-corrected chi connectivity index (χ3v) is 5.10. The van der Waals surface area contributed by atoms with Gasteiger partial charge in [0.1, 0.15) is 0 Å². The quantitative estimate of drug-likeness (QED) is 0.712. The molecule has 0 radical (unpaired) electrons. The minimum Gasteiger partial charge on any atom is -0.353 e. The Bertz CT molecular complexity index is 804. The number of nitrogens with one attached hydrogen (secondary N) is 1. The summed E-state index contributed by atoms with van der Waals surface area (Å²) in [4.78, 5) is 19.0. The molecular weight excluding hydrogens is 376 g/mol. The number of amides is 1. The summed E-state index contributed by atoms with van der Waals surface area (Å²) in [6.07, 6.45) is 5.01. The number of likely N-dealkylation sites (tertiary alicyclic amines) is 1. The molecule has 0 unspecified atom stereocenters. The third kappa shape index (κ3) is 6.17. The van der Waals surface area contributed by atoms with Crippen LogP contribution in [0.5, 0.6) is 0 Å². The molecule has 0 saturated carbocycles. The number of nitrogens with zero attached hydrogens (tertiary/aromatic N) is 3. The maximum atomic E-state index is 12.3. The number of aryl methyl sites for hydroxylation is 1. The van der Waals surface area contributed by atoms with Crippen LogP contribution in [0.15, 0.2) is 40.4 Å². The summed E-state index contributed by atoms with van der Waals surface area (Å²) in [6.45, 7) is 7.27. The number of piperidine rings is 1. The van der Waals surface area contributed by atoms with Crippen LogP contribution in [0.4, 0.5) is 0 Å². The summed E-state index contributed by atoms with van der Waals surface area (Å²) in [5.74, 6) is 1.02. The predicted octanol–water partition coefficient (Wildman–Crippen LogP) is 3.87. The SMILES string of the molecule is CC(C)=CCN1CCC(NC(=O)CCc2nc(-c3ccc(Cl)cc3)no2)CC1. The highest BCUT2D eigenvalue weighted by Crippen LogP contribution is 2.19. The van der Waals surface area contributed by atoms with Gasteiger partial charge in [-0.25, -0.2) is 0 Å². The van der Waals surface area contributed by atoms with E-state index in [-0.39, 0.29) is 11.9 Å². The van der Waals surface area contributed by atoms with Crippen LogP contribution in [0.25, 0.3) is 11.4 Å². The van der Waals surface area contributed by atoms with Gasteiger partial charge >= 0.3 is 0 Å². The first-order valence-corrected chi connectivity index (χ1v) is 10.1. The molecule has 2 aromatic rings. The van der Waals surface area contributed by atoms with Gasteiger partial charge < -0.3 is 9.84 Å². The zero-order chi connectivity index (χ0) is 19.9. The molecule has 1 amide bonds. The average molecular weight is 403 g/mol. The van der Waals surface area contributed by atoms with Gasteiger partial charge in [0.05, 0.1) is 0 Å². The van der Waals surface area contributed by atoms with Crippen LogP contribution in [0.2, 0.25) is 5.02 Å². The van der Waals surface area contributed by atoms with E-state index in [0.717, 1.165) is 38.0 Å². The minimum absolute atomic E-state index is 0.0361. The molecule has 1 aromatic carbocycles. The third-order valence-electron chi connectivity index (χ3n) is 4.85. The second-order valence-electron chi connectivity index (χ2n) is 7.44. The summed E-state index contributed by atoms with van der Waals surface area (Å²) in [5.41, 5.74) is 2.18. The van der Waals surface area contributed by atoms with Crippen molar-refractivity contribution in [3.63, 3.8) is 0 Å². The van der Waals surface area contributed by atoms with Crippen molar-refractivity contribution < 1.29 is 9.32 Å². The van der Waals surface area contributed by atoms with Crippen LogP contribution in [0.3, 0.4) is 0 Å². The van der Waals surface area contributed by atoms with Gasteiger partial charge in [0.2, 0.25) is 17.6 Å². The molecule has 3 rings (SSSR count). The predicted molar refractivity (Wildman–Crippen MR) is 110 cm³/mol. The summed E-state index contributed by atoms with van der Waals surface area (Å²) >= 11 is 5.89. The fourth-order valence-electron chi connectivity index (χ4n) is 3.16. The molecule has 1 saturated heterocycles. The van der Waals surface area contributed by atoms with E-state index in [4.69, 9.17) is 16.1 Å². The number of benzene rings is 1. The van der Waals surface area contributed by atoms with E-state index in [2.05, 4.69) is 40.3 Å². The van der Waals surface area contributed by atoms with Crippen molar-refractivity contribution in [2.75, 3.05) is 19.6 Å². The maximum absolute atomic E-state index is 12.3. The molecule has 28 heavy (non-hydrogen) atoms. The molecular formula is C21H27ClN4O2. The summed E-state index contributed by atoms with van der Waals surface area (Å²) in [5, 5.41) is 7.77. The number of halogens is 1. The smallest absolute Gasteiger partial charge is 0.227 e. The Morgan fingerprint density at radius 3 is 2.68 bits per heavy atom. The first kappa shape index (κ1) is 20.6. The number of hydrogen-bond donors (Lipinski definition) is 1. The van der Waals surface area contributed by atoms with E-state index in [9.17, 15) is 4.79 Å². The van der Waals surface area contributed by atoms with Crippen molar-refractivity contribution in [1.82, 2.24) is 20.4 Å². The lowest BCUT2D eigenvalue weighted by Crippen LogP contribution is -2.44. The second kappa shape index (κ2) is 9.85. The van der Waals surface area contributed by atoms with Crippen molar-refractivity contribution in [1.29, 1.82) is 0 Å². The number of allylic oxidation sites excluding steroid dienone is 1. The van der Waals surface area contributed by atoms with Crippen molar-refractivity contribution in [3.8, 4) is 11.4 Å². The summed E-state index contributed by atoms with van der Waals surface area (Å²) in [6, 6.07) is 7.50. The Morgan fingerprint density at radius 2 is 2.00 bits per heavy atom. The summed E-state index contributed by atoms with van der Waals surface area (Å²) < 4.78 is 5.26. The number of carbonyl (C=O) groups is 1. The standard InChI is InChI=1S/C21H27ClN4O2/c1-15(2)9-12-26-13-10-18(11-14-26)23-19(27)7-8-20-24-21(25-28-20)16-3-5-17(22)6-4-16/h3-6,9,18H,7-8,10-14H2,1-2H3,(H,23,27). The highest BCUT2D eigenvalue weighted by atomic mass is 35.5. The van der Waals surface area contributed by atoms with Crippen molar-refractivity contribution in [3.05, 3.63) is 46.8 Å². The molecule has 0 aliphatic carbocycles. The lowest BCUT2D eigenvalue weighted by Gasteiger charge is -2.31. The molecule has 1 fully saturated rings. The molecule has 150 valence electrons. The molecule has 6 nitrogen and oxygen atoms in total. The topological polar surface area (TPSA) is 71.3 Å². The van der Waals surface area contributed by atoms with Gasteiger partial charge in [-0.3, -0.25) is 9.69 Å². The van der Waals surface area contributed by atoms with E-state index in [1.807, 2.05) is 12.1 Å². The number of rotatable bonds is 7. The average Bonchev–Trinajstić information content (AvgIpc) is 3.15. The van der Waals surface area contributed by atoms with Crippen LogP contribution in [0, 0.1) is 0 Å². The fourth-order valence-corrected chi connectivity index (χ4v) is 3.29. The van der Waals surface area contributed by atoms with Gasteiger partial charge in [-0.05, 0) is 51.0 Å². The largest absolute Gasteiger partial charge is 0.353 e. The second-order valence-corrected chi connectivity index (χ2v) is 7.88. The van der Waals surface area contributed by atoms with E-state index in [1.165, 1.54) is 5.57 Å². The summed E-state index contributed by atoms with van der Waals surface area (Å²) in [7, 11) is 0. The van der Waals surface area contributed by atoms with E-state index in [1.54, 1.807) is 12.1 Å². The molecule has 7 heteroatoms. The first-order valence-electron chi connectivity index (χ1n) is 9.73. The zero-order valence-electron chi connectivity index (χ0n) is 16.4. The van der Waals surface area contributed by atoms with Crippen LogP contribution >= 0.6 is 11.6 Å². The number of carbonyl (C=O) groups excluding carboxylic acids is 1. The van der Waals surface area contributed by atoms with Crippen LogP contribution in [0.1, 0.15) is 39.0 Å². The van der Waals surface area contributed by atoms with Gasteiger partial charge in [0.15, 0.2) is 0 Å². The molecule has 1 aliphatic heterocycles. The van der Waals surface area contributed by atoms with Crippen molar-refractivity contribution in [2.24, 2.45) is 0 Å². The van der Waals surface area contributed by atoms with E-state index < -0.39 is 0 Å². The lowest BCUT2D eigenvalue weighted by atomic mass is 10.0. The van der Waals surface area contributed by atoms with Gasteiger partial charge in [-0.15, -0.1) is 0 Å². The normalized spacial score (nSPS) is 15.4. The lowest BCUT2D eigenvalue weighted by molar-refractivity contribution is -0.122. The first-order chi connectivity index (χ1) is 13.5. The molecule has 0 bridgehead atoms. The molecule has 0 atom stereocenters. The van der Waals surface area contributed by atoms with E-state index in [0.29, 0.717) is 29.6 Å². The highest BCUT2D eigenvalue weighted by molar-refractivity contribution is 6.30. The fraction of sp³-hybridized carbons (Fsp3) is 0.476. The maximum Gasteiger partial charge on any atom is 0.227 e. The Kier molecular flexibility index (Phi) is 7.23. The molecule has 1 aliphatic rings. The van der Waals surface area contributed by atoms with Crippen LogP contribution in [-0.2, 0) is 11.2 Å². The monoisotopic (exact) mass is 402 g/mol. The van der Waals surface area contributed by atoms with Crippen molar-refractivity contribution in [2.45, 2.75) is 45.6 Å². The van der Waals surface area contributed by atoms with Crippen molar-refractivity contribution >= 4 is 17.5 Å². The molecule has 1 aromatic heterocycles. The molecule has 2 heterocycles. The Labute approximate surface area is 170 Å². The number of aromatic nitrogens is 2. The van der Waals surface area contributed by atoms with Gasteiger partial charge in [0, 0.05) is 49.1 Å². The zero-order valence-corrected chi connectivity index (χ0v) is 17.2. The number of hydrogen-bond acceptors (Lipinski definition) is 5. The Hall–Kier alpha value is -2.18. The Balaban J connectivity index is 1.40.